The number of fused-ring (bicyclic) bond motifs is 1. The summed E-state index contributed by atoms with van der Waals surface area (Å²) < 4.78 is 0. The van der Waals surface area contributed by atoms with Crippen molar-refractivity contribution in [1.82, 2.24) is 20.8 Å². The summed E-state index contributed by atoms with van der Waals surface area (Å²) in [7, 11) is 0. The van der Waals surface area contributed by atoms with Gasteiger partial charge in [-0.3, -0.25) is 9.89 Å². The SMILES string of the molecule is CC1CC(C)CC(NC(=O)c2n[nH]c3c2CNCC3)C1.Cl. The van der Waals surface area contributed by atoms with E-state index in [0.29, 0.717) is 23.6 Å². The average Bonchev–Trinajstić information content (AvgIpc) is 2.81. The smallest absolute Gasteiger partial charge is 0.272 e. The lowest BCUT2D eigenvalue weighted by atomic mass is 9.80. The molecule has 2 heterocycles. The van der Waals surface area contributed by atoms with E-state index in [2.05, 4.69) is 34.7 Å². The fourth-order valence-corrected chi connectivity index (χ4v) is 3.73. The van der Waals surface area contributed by atoms with Gasteiger partial charge in [0.15, 0.2) is 5.69 Å². The summed E-state index contributed by atoms with van der Waals surface area (Å²) in [4.78, 5) is 12.4. The van der Waals surface area contributed by atoms with Gasteiger partial charge in [0.25, 0.3) is 5.91 Å². The molecule has 118 valence electrons. The van der Waals surface area contributed by atoms with Crippen LogP contribution in [0.15, 0.2) is 0 Å². The number of nitrogens with zero attached hydrogens (tertiary/aromatic N) is 1. The first-order chi connectivity index (χ1) is 9.63. The zero-order valence-electron chi connectivity index (χ0n) is 12.7. The zero-order valence-corrected chi connectivity index (χ0v) is 13.6. The number of carbonyl (C=O) groups is 1. The number of halogens is 1. The summed E-state index contributed by atoms with van der Waals surface area (Å²) in [6.45, 7) is 6.24. The lowest BCUT2D eigenvalue weighted by Crippen LogP contribution is -2.40. The van der Waals surface area contributed by atoms with Gasteiger partial charge in [-0.25, -0.2) is 0 Å². The average molecular weight is 313 g/mol. The minimum absolute atomic E-state index is 0. The summed E-state index contributed by atoms with van der Waals surface area (Å²) in [5.74, 6) is 1.37. The molecule has 1 fully saturated rings. The van der Waals surface area contributed by atoms with E-state index in [-0.39, 0.29) is 18.3 Å². The van der Waals surface area contributed by atoms with Crippen molar-refractivity contribution in [3.05, 3.63) is 17.0 Å². The van der Waals surface area contributed by atoms with Crippen LogP contribution in [0.4, 0.5) is 0 Å². The maximum atomic E-state index is 12.4. The van der Waals surface area contributed by atoms with Gasteiger partial charge in [0.1, 0.15) is 0 Å². The molecule has 1 aliphatic carbocycles. The van der Waals surface area contributed by atoms with Crippen LogP contribution in [0.3, 0.4) is 0 Å². The molecule has 0 radical (unpaired) electrons. The van der Waals surface area contributed by atoms with Gasteiger partial charge in [0.2, 0.25) is 0 Å². The molecule has 1 amide bonds. The van der Waals surface area contributed by atoms with Crippen LogP contribution in [-0.2, 0) is 13.0 Å². The van der Waals surface area contributed by atoms with Crippen LogP contribution in [0, 0.1) is 11.8 Å². The van der Waals surface area contributed by atoms with E-state index < -0.39 is 0 Å². The Labute approximate surface area is 132 Å². The van der Waals surface area contributed by atoms with Crippen LogP contribution in [0.25, 0.3) is 0 Å². The summed E-state index contributed by atoms with van der Waals surface area (Å²) >= 11 is 0. The van der Waals surface area contributed by atoms with E-state index in [4.69, 9.17) is 0 Å². The third kappa shape index (κ3) is 3.58. The van der Waals surface area contributed by atoms with Crippen LogP contribution in [0.5, 0.6) is 0 Å². The molecule has 0 aromatic carbocycles. The maximum Gasteiger partial charge on any atom is 0.272 e. The molecule has 2 atom stereocenters. The lowest BCUT2D eigenvalue weighted by Gasteiger charge is -2.31. The first-order valence-corrected chi connectivity index (χ1v) is 7.71. The zero-order chi connectivity index (χ0) is 14.1. The van der Waals surface area contributed by atoms with E-state index in [1.54, 1.807) is 0 Å². The first-order valence-electron chi connectivity index (χ1n) is 7.71. The normalized spacial score (nSPS) is 28.4. The maximum absolute atomic E-state index is 12.4. The Balaban J connectivity index is 0.00000161. The van der Waals surface area contributed by atoms with Gasteiger partial charge in [-0.1, -0.05) is 13.8 Å². The van der Waals surface area contributed by atoms with Crippen molar-refractivity contribution in [3.8, 4) is 0 Å². The third-order valence-corrected chi connectivity index (χ3v) is 4.54. The van der Waals surface area contributed by atoms with Crippen molar-refractivity contribution in [2.75, 3.05) is 6.54 Å². The molecule has 3 N–H and O–H groups in total. The monoisotopic (exact) mass is 312 g/mol. The van der Waals surface area contributed by atoms with Gasteiger partial charge in [-0.2, -0.15) is 5.10 Å². The van der Waals surface area contributed by atoms with E-state index in [9.17, 15) is 4.79 Å². The molecule has 3 rings (SSSR count). The molecule has 21 heavy (non-hydrogen) atoms. The summed E-state index contributed by atoms with van der Waals surface area (Å²) in [6.07, 6.45) is 4.36. The van der Waals surface area contributed by atoms with Crippen LogP contribution in [0.1, 0.15) is 54.9 Å². The second-order valence-corrected chi connectivity index (χ2v) is 6.54. The van der Waals surface area contributed by atoms with Crippen LogP contribution in [0.2, 0.25) is 0 Å². The topological polar surface area (TPSA) is 69.8 Å². The molecular formula is C15H25ClN4O. The standard InChI is InChI=1S/C15H24N4O.ClH/c1-9-5-10(2)7-11(6-9)17-15(20)14-12-8-16-4-3-13(12)18-19-14;/h9-11,16H,3-8H2,1-2H3,(H,17,20)(H,18,19);1H. The lowest BCUT2D eigenvalue weighted by molar-refractivity contribution is 0.0905. The fourth-order valence-electron chi connectivity index (χ4n) is 3.73. The van der Waals surface area contributed by atoms with Crippen LogP contribution >= 0.6 is 12.4 Å². The van der Waals surface area contributed by atoms with E-state index >= 15 is 0 Å². The highest BCUT2D eigenvalue weighted by Gasteiger charge is 2.27. The quantitative estimate of drug-likeness (QED) is 0.782. The highest BCUT2D eigenvalue weighted by molar-refractivity contribution is 5.94. The Hall–Kier alpha value is -1.07. The molecule has 0 saturated heterocycles. The number of nitrogens with one attached hydrogen (secondary N) is 3. The van der Waals surface area contributed by atoms with Crippen molar-refractivity contribution in [1.29, 1.82) is 0 Å². The number of hydrogen-bond donors (Lipinski definition) is 3. The number of aromatic amines is 1. The number of rotatable bonds is 2. The Kier molecular flexibility index (Phi) is 5.27. The number of hydrogen-bond acceptors (Lipinski definition) is 3. The number of H-pyrrole nitrogens is 1. The molecule has 1 saturated carbocycles. The van der Waals surface area contributed by atoms with Gasteiger partial charge in [0.05, 0.1) is 0 Å². The molecule has 1 aromatic heterocycles. The minimum atomic E-state index is -0.0162. The Bertz CT molecular complexity index is 492. The molecule has 1 aliphatic heterocycles. The second-order valence-electron chi connectivity index (χ2n) is 6.54. The van der Waals surface area contributed by atoms with Gasteiger partial charge in [-0.15, -0.1) is 12.4 Å². The van der Waals surface area contributed by atoms with E-state index in [0.717, 1.165) is 43.6 Å². The fraction of sp³-hybridized carbons (Fsp3) is 0.733. The Morgan fingerprint density at radius 3 is 2.67 bits per heavy atom. The van der Waals surface area contributed by atoms with Crippen molar-refractivity contribution in [2.24, 2.45) is 11.8 Å². The highest BCUT2D eigenvalue weighted by Crippen LogP contribution is 2.28. The molecule has 2 aliphatic rings. The molecule has 0 spiro atoms. The van der Waals surface area contributed by atoms with Crippen molar-refractivity contribution < 1.29 is 4.79 Å². The summed E-state index contributed by atoms with van der Waals surface area (Å²) in [5, 5.41) is 13.7. The van der Waals surface area contributed by atoms with Crippen molar-refractivity contribution >= 4 is 18.3 Å². The highest BCUT2D eigenvalue weighted by atomic mass is 35.5. The molecule has 6 heteroatoms. The summed E-state index contributed by atoms with van der Waals surface area (Å²) in [6, 6.07) is 0.296. The van der Waals surface area contributed by atoms with Crippen LogP contribution < -0.4 is 10.6 Å². The summed E-state index contributed by atoms with van der Waals surface area (Å²) in [5.41, 5.74) is 2.74. The predicted octanol–water partition coefficient (Wildman–Crippen LogP) is 2.03. The van der Waals surface area contributed by atoms with Crippen molar-refractivity contribution in [3.63, 3.8) is 0 Å². The minimum Gasteiger partial charge on any atom is -0.348 e. The van der Waals surface area contributed by atoms with E-state index in [1.807, 2.05) is 0 Å². The Morgan fingerprint density at radius 1 is 1.24 bits per heavy atom. The molecule has 5 nitrogen and oxygen atoms in total. The van der Waals surface area contributed by atoms with Gasteiger partial charge in [-0.05, 0) is 31.1 Å². The molecular weight excluding hydrogens is 288 g/mol. The van der Waals surface area contributed by atoms with Gasteiger partial charge in [0, 0.05) is 36.8 Å². The molecule has 2 unspecified atom stereocenters. The number of carbonyl (C=O) groups excluding carboxylic acids is 1. The number of aromatic nitrogens is 2. The number of amides is 1. The largest absolute Gasteiger partial charge is 0.348 e. The van der Waals surface area contributed by atoms with Crippen LogP contribution in [-0.4, -0.2) is 28.7 Å². The van der Waals surface area contributed by atoms with E-state index in [1.165, 1.54) is 6.42 Å². The van der Waals surface area contributed by atoms with Crippen molar-refractivity contribution in [2.45, 2.75) is 52.1 Å². The second kappa shape index (κ2) is 6.79. The first kappa shape index (κ1) is 16.3. The predicted molar refractivity (Wildman–Crippen MR) is 84.7 cm³/mol. The molecule has 0 bridgehead atoms. The molecule has 1 aromatic rings. The van der Waals surface area contributed by atoms with Gasteiger partial charge < -0.3 is 10.6 Å². The Morgan fingerprint density at radius 2 is 1.95 bits per heavy atom. The van der Waals surface area contributed by atoms with Gasteiger partial charge >= 0.3 is 0 Å². The third-order valence-electron chi connectivity index (χ3n) is 4.54.